The minimum atomic E-state index is -4.43. The number of carbonyl (C=O) groups is 2. The molecule has 0 saturated carbocycles. The van der Waals surface area contributed by atoms with E-state index in [1.807, 2.05) is 23.6 Å². The van der Waals surface area contributed by atoms with Crippen LogP contribution < -0.4 is 5.32 Å². The third kappa shape index (κ3) is 7.03. The smallest absolute Gasteiger partial charge is 0.357 e. The third-order valence-corrected chi connectivity index (χ3v) is 5.48. The molecule has 1 unspecified atom stereocenters. The van der Waals surface area contributed by atoms with Gasteiger partial charge in [-0.3, -0.25) is 14.5 Å². The van der Waals surface area contributed by atoms with Crippen LogP contribution in [0, 0.1) is 0 Å². The molecule has 0 radical (unpaired) electrons. The molecule has 2 fully saturated rings. The van der Waals surface area contributed by atoms with Gasteiger partial charge >= 0.3 is 6.18 Å². The summed E-state index contributed by atoms with van der Waals surface area (Å²) < 4.78 is 37.4. The van der Waals surface area contributed by atoms with Crippen LogP contribution in [0.25, 0.3) is 0 Å². The summed E-state index contributed by atoms with van der Waals surface area (Å²) in [7, 11) is 1.12. The molecule has 2 amide bonds. The van der Waals surface area contributed by atoms with Crippen molar-refractivity contribution >= 4 is 17.8 Å². The minimum absolute atomic E-state index is 0.167. The number of nitrogens with one attached hydrogen (secondary N) is 1. The van der Waals surface area contributed by atoms with E-state index in [0.717, 1.165) is 33.0 Å². The molecule has 0 aromatic heterocycles. The Balaban J connectivity index is 1.89. The van der Waals surface area contributed by atoms with Crippen LogP contribution in [0.15, 0.2) is 4.99 Å². The van der Waals surface area contributed by atoms with E-state index in [0.29, 0.717) is 43.6 Å². The van der Waals surface area contributed by atoms with Crippen molar-refractivity contribution in [1.29, 1.82) is 0 Å². The van der Waals surface area contributed by atoms with E-state index in [-0.39, 0.29) is 18.5 Å². The number of hydrogen-bond acceptors (Lipinski definition) is 4. The van der Waals surface area contributed by atoms with Gasteiger partial charge < -0.3 is 20.0 Å². The number of rotatable bonds is 6. The SMILES string of the molecule is CCNC(=NCC(=O)N(C)CC(F)(F)F)N1CCN(C(C)C(=O)N2CCCC2)CC1. The molecule has 0 aromatic rings. The fourth-order valence-electron chi connectivity index (χ4n) is 3.73. The van der Waals surface area contributed by atoms with Gasteiger partial charge in [0.1, 0.15) is 13.1 Å². The zero-order valence-corrected chi connectivity index (χ0v) is 18.0. The molecule has 30 heavy (non-hydrogen) atoms. The molecule has 2 aliphatic heterocycles. The van der Waals surface area contributed by atoms with Gasteiger partial charge in [-0.2, -0.15) is 13.2 Å². The summed E-state index contributed by atoms with van der Waals surface area (Å²) in [6.45, 7) is 7.01. The molecule has 0 aliphatic carbocycles. The number of alkyl halides is 3. The van der Waals surface area contributed by atoms with Crippen LogP contribution in [0.2, 0.25) is 0 Å². The predicted octanol–water partition coefficient (Wildman–Crippen LogP) is 0.601. The second-order valence-corrected chi connectivity index (χ2v) is 7.77. The van der Waals surface area contributed by atoms with Crippen LogP contribution in [-0.2, 0) is 9.59 Å². The summed E-state index contributed by atoms with van der Waals surface area (Å²) in [6.07, 6.45) is -2.31. The summed E-state index contributed by atoms with van der Waals surface area (Å²) in [5, 5.41) is 3.10. The Bertz CT molecular complexity index is 614. The van der Waals surface area contributed by atoms with E-state index in [9.17, 15) is 22.8 Å². The highest BCUT2D eigenvalue weighted by molar-refractivity contribution is 5.85. The normalized spacial score (nSPS) is 19.7. The Morgan fingerprint density at radius 3 is 2.20 bits per heavy atom. The second-order valence-electron chi connectivity index (χ2n) is 7.77. The van der Waals surface area contributed by atoms with E-state index in [1.165, 1.54) is 0 Å². The first-order chi connectivity index (χ1) is 14.1. The van der Waals surface area contributed by atoms with Crippen LogP contribution in [0.1, 0.15) is 26.7 Å². The average Bonchev–Trinajstić information content (AvgIpc) is 3.23. The van der Waals surface area contributed by atoms with Gasteiger partial charge in [0.25, 0.3) is 0 Å². The molecule has 8 nitrogen and oxygen atoms in total. The van der Waals surface area contributed by atoms with Gasteiger partial charge in [0, 0.05) is 52.9 Å². The number of guanidine groups is 1. The number of nitrogens with zero attached hydrogens (tertiary/aromatic N) is 5. The van der Waals surface area contributed by atoms with Crippen molar-refractivity contribution in [1.82, 2.24) is 24.9 Å². The Hall–Kier alpha value is -2.04. The maximum absolute atomic E-state index is 12.6. The van der Waals surface area contributed by atoms with E-state index in [4.69, 9.17) is 0 Å². The lowest BCUT2D eigenvalue weighted by Crippen LogP contribution is -2.57. The number of halogens is 3. The highest BCUT2D eigenvalue weighted by Gasteiger charge is 2.32. The molecule has 2 rings (SSSR count). The first-order valence-electron chi connectivity index (χ1n) is 10.5. The summed E-state index contributed by atoms with van der Waals surface area (Å²) in [4.78, 5) is 35.5. The fraction of sp³-hybridized carbons (Fsp3) is 0.842. The Morgan fingerprint density at radius 1 is 1.07 bits per heavy atom. The predicted molar refractivity (Wildman–Crippen MR) is 108 cm³/mol. The first kappa shape index (κ1) is 24.2. The topological polar surface area (TPSA) is 71.5 Å². The second kappa shape index (κ2) is 10.8. The van der Waals surface area contributed by atoms with E-state index < -0.39 is 18.6 Å². The summed E-state index contributed by atoms with van der Waals surface area (Å²) in [6, 6.07) is -0.178. The number of hydrogen-bond donors (Lipinski definition) is 1. The maximum Gasteiger partial charge on any atom is 0.406 e. The van der Waals surface area contributed by atoms with Crippen molar-refractivity contribution < 1.29 is 22.8 Å². The number of likely N-dealkylation sites (tertiary alicyclic amines) is 1. The number of likely N-dealkylation sites (N-methyl/N-ethyl adjacent to an activating group) is 1. The van der Waals surface area contributed by atoms with Crippen LogP contribution in [0.5, 0.6) is 0 Å². The van der Waals surface area contributed by atoms with Gasteiger partial charge in [-0.25, -0.2) is 4.99 Å². The average molecular weight is 435 g/mol. The van der Waals surface area contributed by atoms with Crippen molar-refractivity contribution in [3.63, 3.8) is 0 Å². The molecule has 172 valence electrons. The molecule has 11 heteroatoms. The molecule has 0 spiro atoms. The lowest BCUT2D eigenvalue weighted by Gasteiger charge is -2.39. The van der Waals surface area contributed by atoms with E-state index in [1.54, 1.807) is 0 Å². The fourth-order valence-corrected chi connectivity index (χ4v) is 3.73. The monoisotopic (exact) mass is 434 g/mol. The van der Waals surface area contributed by atoms with Gasteiger partial charge in [0.15, 0.2) is 5.96 Å². The quantitative estimate of drug-likeness (QED) is 0.490. The number of aliphatic imine (C=N–C) groups is 1. The lowest BCUT2D eigenvalue weighted by molar-refractivity contribution is -0.157. The Labute approximate surface area is 176 Å². The van der Waals surface area contributed by atoms with Crippen LogP contribution >= 0.6 is 0 Å². The van der Waals surface area contributed by atoms with E-state index in [2.05, 4.69) is 15.2 Å². The van der Waals surface area contributed by atoms with Crippen molar-refractivity contribution in [2.75, 3.05) is 66.0 Å². The Kier molecular flexibility index (Phi) is 8.75. The zero-order chi connectivity index (χ0) is 22.3. The van der Waals surface area contributed by atoms with Gasteiger partial charge in [0.05, 0.1) is 6.04 Å². The molecule has 1 atom stereocenters. The molecular weight excluding hydrogens is 401 g/mol. The lowest BCUT2D eigenvalue weighted by atomic mass is 10.2. The van der Waals surface area contributed by atoms with Crippen LogP contribution in [-0.4, -0.2) is 116 Å². The number of amides is 2. The molecule has 2 heterocycles. The largest absolute Gasteiger partial charge is 0.406 e. The van der Waals surface area contributed by atoms with Gasteiger partial charge in [-0.1, -0.05) is 0 Å². The van der Waals surface area contributed by atoms with Gasteiger partial charge in [-0.15, -0.1) is 0 Å². The number of piperazine rings is 1. The van der Waals surface area contributed by atoms with Crippen molar-refractivity contribution in [2.45, 2.75) is 38.9 Å². The highest BCUT2D eigenvalue weighted by Crippen LogP contribution is 2.16. The standard InChI is InChI=1S/C19H33F3N6O2/c1-4-23-18(24-13-16(29)25(3)14-19(20,21)22)28-11-9-26(10-12-28)15(2)17(30)27-7-5-6-8-27/h15H,4-14H2,1-3H3,(H,23,24). The molecule has 2 aliphatic rings. The molecule has 0 aromatic carbocycles. The van der Waals surface area contributed by atoms with E-state index >= 15 is 0 Å². The summed E-state index contributed by atoms with van der Waals surface area (Å²) in [5.74, 6) is -0.0181. The highest BCUT2D eigenvalue weighted by atomic mass is 19.4. The summed E-state index contributed by atoms with van der Waals surface area (Å²) in [5.41, 5.74) is 0. The molecule has 2 saturated heterocycles. The first-order valence-corrected chi connectivity index (χ1v) is 10.5. The molecular formula is C19H33F3N6O2. The molecule has 0 bridgehead atoms. The minimum Gasteiger partial charge on any atom is -0.357 e. The summed E-state index contributed by atoms with van der Waals surface area (Å²) >= 11 is 0. The van der Waals surface area contributed by atoms with Crippen LogP contribution in [0.4, 0.5) is 13.2 Å². The third-order valence-electron chi connectivity index (χ3n) is 5.48. The Morgan fingerprint density at radius 2 is 1.67 bits per heavy atom. The van der Waals surface area contributed by atoms with Gasteiger partial charge in [-0.05, 0) is 26.7 Å². The zero-order valence-electron chi connectivity index (χ0n) is 18.0. The number of carbonyl (C=O) groups excluding carboxylic acids is 2. The van der Waals surface area contributed by atoms with Crippen molar-refractivity contribution in [3.05, 3.63) is 0 Å². The maximum atomic E-state index is 12.6. The molecule has 1 N–H and O–H groups in total. The van der Waals surface area contributed by atoms with Crippen molar-refractivity contribution in [3.8, 4) is 0 Å². The van der Waals surface area contributed by atoms with Crippen molar-refractivity contribution in [2.24, 2.45) is 4.99 Å². The van der Waals surface area contributed by atoms with Gasteiger partial charge in [0.2, 0.25) is 11.8 Å². The van der Waals surface area contributed by atoms with Crippen LogP contribution in [0.3, 0.4) is 0 Å².